The summed E-state index contributed by atoms with van der Waals surface area (Å²) in [6.07, 6.45) is 3.17. The molecule has 162 valence electrons. The van der Waals surface area contributed by atoms with Crippen molar-refractivity contribution in [3.05, 3.63) is 52.1 Å². The summed E-state index contributed by atoms with van der Waals surface area (Å²) in [4.78, 5) is 22.0. The van der Waals surface area contributed by atoms with Gasteiger partial charge < -0.3 is 4.90 Å². The van der Waals surface area contributed by atoms with E-state index in [4.69, 9.17) is 9.61 Å². The van der Waals surface area contributed by atoms with Crippen LogP contribution in [0.2, 0.25) is 0 Å². The van der Waals surface area contributed by atoms with Crippen molar-refractivity contribution in [1.82, 2.24) is 25.1 Å². The standard InChI is InChI=1S/C23H27N5O2S/c1-16-19(26-30-25-16)13-27(2)22(29)18-12-23(18)8-10-28(11-9-23)14-21-24-20(15-31-21)17-6-4-3-5-7-17/h3-7,15,18H,8-14H2,1-2H3. The van der Waals surface area contributed by atoms with Gasteiger partial charge in [0.15, 0.2) is 0 Å². The SMILES string of the molecule is Cc1nonc1CN(C)C(=O)C1CC12CCN(Cc1nc(-c3ccccc3)cs1)CC2. The number of thiazole rings is 1. The van der Waals surface area contributed by atoms with E-state index in [1.54, 1.807) is 16.2 Å². The number of likely N-dealkylation sites (tertiary alicyclic amines) is 1. The van der Waals surface area contributed by atoms with Crippen LogP contribution < -0.4 is 0 Å². The minimum Gasteiger partial charge on any atom is -0.339 e. The Morgan fingerprint density at radius 3 is 2.74 bits per heavy atom. The normalized spacial score (nSPS) is 20.1. The maximum absolute atomic E-state index is 13.0. The lowest BCUT2D eigenvalue weighted by Crippen LogP contribution is -2.37. The lowest BCUT2D eigenvalue weighted by Gasteiger charge is -2.32. The van der Waals surface area contributed by atoms with Gasteiger partial charge in [0, 0.05) is 23.9 Å². The van der Waals surface area contributed by atoms with Gasteiger partial charge in [-0.15, -0.1) is 11.3 Å². The first-order valence-electron chi connectivity index (χ1n) is 10.8. The van der Waals surface area contributed by atoms with E-state index < -0.39 is 0 Å². The number of hydrogen-bond donors (Lipinski definition) is 0. The van der Waals surface area contributed by atoms with E-state index in [9.17, 15) is 4.79 Å². The molecule has 7 nitrogen and oxygen atoms in total. The minimum absolute atomic E-state index is 0.143. The minimum atomic E-state index is 0.143. The largest absolute Gasteiger partial charge is 0.339 e. The second kappa shape index (κ2) is 8.16. The van der Waals surface area contributed by atoms with Crippen LogP contribution in [0.15, 0.2) is 40.3 Å². The second-order valence-electron chi connectivity index (χ2n) is 8.88. The van der Waals surface area contributed by atoms with Crippen molar-refractivity contribution in [3.63, 3.8) is 0 Å². The summed E-state index contributed by atoms with van der Waals surface area (Å²) in [5, 5.41) is 11.0. The molecule has 0 bridgehead atoms. The average Bonchev–Trinajstić information content (AvgIpc) is 3.08. The molecule has 3 aromatic rings. The Balaban J connectivity index is 1.13. The van der Waals surface area contributed by atoms with Crippen molar-refractivity contribution < 1.29 is 9.42 Å². The fraction of sp³-hybridized carbons (Fsp3) is 0.478. The third kappa shape index (κ3) is 4.14. The number of amides is 1. The van der Waals surface area contributed by atoms with Crippen LogP contribution in [0.25, 0.3) is 11.3 Å². The zero-order valence-corrected chi connectivity index (χ0v) is 18.8. The van der Waals surface area contributed by atoms with Crippen LogP contribution >= 0.6 is 11.3 Å². The number of piperidine rings is 1. The summed E-state index contributed by atoms with van der Waals surface area (Å²) in [7, 11) is 1.85. The fourth-order valence-corrected chi connectivity index (χ4v) is 5.53. The van der Waals surface area contributed by atoms with Crippen molar-refractivity contribution in [2.75, 3.05) is 20.1 Å². The molecule has 3 heterocycles. The molecule has 1 amide bonds. The van der Waals surface area contributed by atoms with Gasteiger partial charge >= 0.3 is 0 Å². The van der Waals surface area contributed by atoms with Gasteiger partial charge in [-0.05, 0) is 44.7 Å². The Hall–Kier alpha value is -2.58. The van der Waals surface area contributed by atoms with Gasteiger partial charge in [-0.2, -0.15) is 0 Å². The number of rotatable bonds is 6. The molecule has 2 aromatic heterocycles. The lowest BCUT2D eigenvalue weighted by atomic mass is 9.90. The van der Waals surface area contributed by atoms with E-state index in [-0.39, 0.29) is 17.2 Å². The van der Waals surface area contributed by atoms with Gasteiger partial charge in [0.1, 0.15) is 16.4 Å². The highest BCUT2D eigenvalue weighted by Gasteiger charge is 2.59. The molecule has 1 spiro atoms. The zero-order valence-electron chi connectivity index (χ0n) is 18.0. The first kappa shape index (κ1) is 20.3. The molecule has 1 saturated carbocycles. The Morgan fingerprint density at radius 2 is 2.03 bits per heavy atom. The molecular formula is C23H27N5O2S. The number of nitrogens with zero attached hydrogens (tertiary/aromatic N) is 5. The van der Waals surface area contributed by atoms with Crippen molar-refractivity contribution in [2.45, 2.75) is 39.3 Å². The zero-order chi connectivity index (χ0) is 21.4. The van der Waals surface area contributed by atoms with Crippen LogP contribution in [-0.4, -0.2) is 51.1 Å². The van der Waals surface area contributed by atoms with E-state index in [0.717, 1.165) is 61.0 Å². The number of carbonyl (C=O) groups excluding carboxylic acids is 1. The fourth-order valence-electron chi connectivity index (χ4n) is 4.68. The molecule has 31 heavy (non-hydrogen) atoms. The van der Waals surface area contributed by atoms with E-state index in [0.29, 0.717) is 6.54 Å². The van der Waals surface area contributed by atoms with Crippen LogP contribution in [0.3, 0.4) is 0 Å². The maximum atomic E-state index is 13.0. The van der Waals surface area contributed by atoms with Crippen LogP contribution in [0.4, 0.5) is 0 Å². The number of benzene rings is 1. The Morgan fingerprint density at radius 1 is 1.26 bits per heavy atom. The third-order valence-corrected chi connectivity index (χ3v) is 7.66. The topological polar surface area (TPSA) is 75.4 Å². The average molecular weight is 438 g/mol. The van der Waals surface area contributed by atoms with Crippen molar-refractivity contribution >= 4 is 17.2 Å². The Labute approximate surface area is 186 Å². The molecule has 1 unspecified atom stereocenters. The van der Waals surface area contributed by atoms with E-state index in [1.165, 1.54) is 5.56 Å². The predicted molar refractivity (Wildman–Crippen MR) is 118 cm³/mol. The molecule has 1 atom stereocenters. The Kier molecular flexibility index (Phi) is 5.35. The van der Waals surface area contributed by atoms with Gasteiger partial charge in [0.25, 0.3) is 0 Å². The molecule has 5 rings (SSSR count). The highest BCUT2D eigenvalue weighted by atomic mass is 32.1. The highest BCUT2D eigenvalue weighted by Crippen LogP contribution is 2.60. The van der Waals surface area contributed by atoms with E-state index >= 15 is 0 Å². The van der Waals surface area contributed by atoms with Crippen LogP contribution in [0, 0.1) is 18.3 Å². The summed E-state index contributed by atoms with van der Waals surface area (Å²) in [6, 6.07) is 10.3. The summed E-state index contributed by atoms with van der Waals surface area (Å²) in [5.74, 6) is 0.368. The summed E-state index contributed by atoms with van der Waals surface area (Å²) < 4.78 is 4.75. The summed E-state index contributed by atoms with van der Waals surface area (Å²) >= 11 is 1.73. The first-order valence-corrected chi connectivity index (χ1v) is 11.7. The van der Waals surface area contributed by atoms with Gasteiger partial charge in [-0.1, -0.05) is 40.6 Å². The van der Waals surface area contributed by atoms with Gasteiger partial charge in [0.2, 0.25) is 5.91 Å². The van der Waals surface area contributed by atoms with E-state index in [2.05, 4.69) is 32.7 Å². The highest BCUT2D eigenvalue weighted by molar-refractivity contribution is 7.09. The second-order valence-corrected chi connectivity index (χ2v) is 9.82. The number of aromatic nitrogens is 3. The quantitative estimate of drug-likeness (QED) is 0.584. The number of hydrogen-bond acceptors (Lipinski definition) is 7. The molecule has 2 fully saturated rings. The molecule has 0 N–H and O–H groups in total. The molecule has 0 radical (unpaired) electrons. The van der Waals surface area contributed by atoms with Gasteiger partial charge in [-0.3, -0.25) is 9.69 Å². The van der Waals surface area contributed by atoms with Crippen LogP contribution in [-0.2, 0) is 17.9 Å². The first-order chi connectivity index (χ1) is 15.0. The monoisotopic (exact) mass is 437 g/mol. The Bertz CT molecular complexity index is 1050. The molecule has 2 aliphatic rings. The van der Waals surface area contributed by atoms with Gasteiger partial charge in [0.05, 0.1) is 18.8 Å². The molecular weight excluding hydrogens is 410 g/mol. The number of carbonyl (C=O) groups is 1. The third-order valence-electron chi connectivity index (χ3n) is 6.83. The van der Waals surface area contributed by atoms with Crippen LogP contribution in [0.5, 0.6) is 0 Å². The molecule has 1 saturated heterocycles. The smallest absolute Gasteiger partial charge is 0.226 e. The van der Waals surface area contributed by atoms with Crippen LogP contribution in [0.1, 0.15) is 35.7 Å². The van der Waals surface area contributed by atoms with Crippen molar-refractivity contribution in [2.24, 2.45) is 11.3 Å². The van der Waals surface area contributed by atoms with Crippen molar-refractivity contribution in [1.29, 1.82) is 0 Å². The molecule has 1 aliphatic carbocycles. The maximum Gasteiger partial charge on any atom is 0.226 e. The molecule has 1 aliphatic heterocycles. The number of aryl methyl sites for hydroxylation is 1. The van der Waals surface area contributed by atoms with Gasteiger partial charge in [-0.25, -0.2) is 9.61 Å². The predicted octanol–water partition coefficient (Wildman–Crippen LogP) is 3.76. The summed E-state index contributed by atoms with van der Waals surface area (Å²) in [6.45, 7) is 5.26. The summed E-state index contributed by atoms with van der Waals surface area (Å²) in [5.41, 5.74) is 3.90. The lowest BCUT2D eigenvalue weighted by molar-refractivity contribution is -0.133. The molecule has 1 aromatic carbocycles. The van der Waals surface area contributed by atoms with E-state index in [1.807, 2.05) is 32.2 Å². The van der Waals surface area contributed by atoms with Crippen molar-refractivity contribution in [3.8, 4) is 11.3 Å². The molecule has 8 heteroatoms.